The molecule has 1 fully saturated rings. The average molecular weight is 238 g/mol. The van der Waals surface area contributed by atoms with E-state index in [4.69, 9.17) is 0 Å². The molecule has 0 radical (unpaired) electrons. The minimum Gasteiger partial charge on any atom is -0.480 e. The van der Waals surface area contributed by atoms with Gasteiger partial charge in [0.1, 0.15) is 0 Å². The summed E-state index contributed by atoms with van der Waals surface area (Å²) in [5.41, 5.74) is 0.736. The van der Waals surface area contributed by atoms with E-state index in [0.29, 0.717) is 0 Å². The number of aryl methyl sites for hydroxylation is 1. The average Bonchev–Trinajstić information content (AvgIpc) is 2.55. The lowest BCUT2D eigenvalue weighted by Crippen LogP contribution is -2.37. The minimum atomic E-state index is -0.810. The van der Waals surface area contributed by atoms with Gasteiger partial charge in [-0.3, -0.25) is 9.69 Å². The fourth-order valence-corrected chi connectivity index (χ4v) is 2.23. The predicted molar refractivity (Wildman–Crippen MR) is 62.6 cm³/mol. The van der Waals surface area contributed by atoms with Crippen molar-refractivity contribution in [1.82, 2.24) is 19.8 Å². The van der Waals surface area contributed by atoms with Gasteiger partial charge in [-0.15, -0.1) is 0 Å². The Kier molecular flexibility index (Phi) is 3.75. The zero-order valence-electron chi connectivity index (χ0n) is 9.96. The molecule has 1 unspecified atom stereocenters. The second-order valence-corrected chi connectivity index (χ2v) is 4.31. The smallest absolute Gasteiger partial charge is 0.327 e. The van der Waals surface area contributed by atoms with E-state index in [1.54, 1.807) is 17.1 Å². The minimum absolute atomic E-state index is 0.595. The summed E-state index contributed by atoms with van der Waals surface area (Å²) in [6.07, 6.45) is 4.25. The number of carbonyl (C=O) groups is 1. The van der Waals surface area contributed by atoms with Gasteiger partial charge in [-0.25, -0.2) is 4.98 Å². The van der Waals surface area contributed by atoms with E-state index in [-0.39, 0.29) is 0 Å². The number of hydrogen-bond acceptors (Lipinski definition) is 4. The number of aromatic nitrogens is 2. The molecule has 1 saturated heterocycles. The number of rotatable bonds is 3. The van der Waals surface area contributed by atoms with Gasteiger partial charge in [0.25, 0.3) is 0 Å². The first kappa shape index (κ1) is 12.1. The Morgan fingerprint density at radius 3 is 3.00 bits per heavy atom. The molecule has 6 heteroatoms. The second kappa shape index (κ2) is 5.29. The van der Waals surface area contributed by atoms with Crippen LogP contribution < -0.4 is 5.32 Å². The van der Waals surface area contributed by atoms with Crippen LogP contribution in [0.1, 0.15) is 18.2 Å². The number of imidazole rings is 1. The van der Waals surface area contributed by atoms with E-state index in [0.717, 1.165) is 38.3 Å². The lowest BCUT2D eigenvalue weighted by Gasteiger charge is -2.27. The molecule has 6 nitrogen and oxygen atoms in total. The number of aliphatic carboxylic acids is 1. The van der Waals surface area contributed by atoms with Crippen LogP contribution in [0.5, 0.6) is 0 Å². The van der Waals surface area contributed by atoms with Gasteiger partial charge in [-0.05, 0) is 13.0 Å². The molecule has 2 rings (SSSR count). The second-order valence-electron chi connectivity index (χ2n) is 4.31. The van der Waals surface area contributed by atoms with Crippen LogP contribution in [-0.2, 0) is 11.8 Å². The van der Waals surface area contributed by atoms with Crippen molar-refractivity contribution in [2.24, 2.45) is 7.05 Å². The van der Waals surface area contributed by atoms with E-state index >= 15 is 0 Å². The van der Waals surface area contributed by atoms with Crippen molar-refractivity contribution >= 4 is 5.97 Å². The summed E-state index contributed by atoms with van der Waals surface area (Å²) in [4.78, 5) is 17.5. The summed E-state index contributed by atoms with van der Waals surface area (Å²) in [5, 5.41) is 12.7. The highest BCUT2D eigenvalue weighted by Gasteiger charge is 2.29. The maximum absolute atomic E-state index is 11.5. The summed E-state index contributed by atoms with van der Waals surface area (Å²) in [5.74, 6) is -0.810. The third kappa shape index (κ3) is 2.65. The molecule has 0 aromatic carbocycles. The Labute approximate surface area is 100 Å². The fourth-order valence-electron chi connectivity index (χ4n) is 2.23. The van der Waals surface area contributed by atoms with E-state index < -0.39 is 12.0 Å². The highest BCUT2D eigenvalue weighted by molar-refractivity contribution is 5.74. The van der Waals surface area contributed by atoms with Gasteiger partial charge in [0, 0.05) is 26.7 Å². The molecule has 94 valence electrons. The highest BCUT2D eigenvalue weighted by Crippen LogP contribution is 2.20. The molecule has 1 aromatic rings. The zero-order chi connectivity index (χ0) is 12.3. The van der Waals surface area contributed by atoms with Crippen molar-refractivity contribution < 1.29 is 9.90 Å². The van der Waals surface area contributed by atoms with Crippen molar-refractivity contribution in [2.75, 3.05) is 26.2 Å². The summed E-state index contributed by atoms with van der Waals surface area (Å²) < 4.78 is 1.77. The number of nitrogens with one attached hydrogen (secondary N) is 1. The van der Waals surface area contributed by atoms with E-state index in [1.807, 2.05) is 11.9 Å². The van der Waals surface area contributed by atoms with Crippen LogP contribution in [-0.4, -0.2) is 51.7 Å². The Balaban J connectivity index is 2.22. The van der Waals surface area contributed by atoms with Crippen LogP contribution >= 0.6 is 0 Å². The van der Waals surface area contributed by atoms with E-state index in [1.165, 1.54) is 0 Å². The summed E-state index contributed by atoms with van der Waals surface area (Å²) in [6.45, 7) is 3.34. The molecule has 0 bridgehead atoms. The Bertz CT molecular complexity index is 383. The number of carboxylic acid groups (broad SMARTS) is 1. The molecule has 1 aromatic heterocycles. The van der Waals surface area contributed by atoms with Gasteiger partial charge in [-0.1, -0.05) is 0 Å². The molecule has 0 spiro atoms. The van der Waals surface area contributed by atoms with Gasteiger partial charge >= 0.3 is 5.97 Å². The van der Waals surface area contributed by atoms with Crippen LogP contribution in [0, 0.1) is 0 Å². The topological polar surface area (TPSA) is 70.4 Å². The molecule has 2 N–H and O–H groups in total. The van der Waals surface area contributed by atoms with Crippen molar-refractivity contribution in [3.63, 3.8) is 0 Å². The van der Waals surface area contributed by atoms with Crippen LogP contribution in [0.3, 0.4) is 0 Å². The predicted octanol–water partition coefficient (Wildman–Crippen LogP) is -0.159. The van der Waals surface area contributed by atoms with Crippen LogP contribution in [0.15, 0.2) is 12.5 Å². The van der Waals surface area contributed by atoms with E-state index in [2.05, 4.69) is 10.3 Å². The zero-order valence-corrected chi connectivity index (χ0v) is 9.96. The van der Waals surface area contributed by atoms with Gasteiger partial charge < -0.3 is 15.0 Å². The fraction of sp³-hybridized carbons (Fsp3) is 0.636. The first-order valence-corrected chi connectivity index (χ1v) is 5.84. The van der Waals surface area contributed by atoms with Gasteiger partial charge in [-0.2, -0.15) is 0 Å². The van der Waals surface area contributed by atoms with Gasteiger partial charge in [0.05, 0.1) is 18.2 Å². The number of hydrogen-bond donors (Lipinski definition) is 2. The Hall–Kier alpha value is -1.40. The largest absolute Gasteiger partial charge is 0.480 e. The molecule has 0 saturated carbocycles. The Morgan fingerprint density at radius 1 is 1.53 bits per heavy atom. The van der Waals surface area contributed by atoms with Crippen molar-refractivity contribution in [3.05, 3.63) is 18.2 Å². The maximum Gasteiger partial charge on any atom is 0.327 e. The standard InChI is InChI=1S/C11H18N4O2/c1-14-8-13-7-9(14)10(11(16)17)15-5-2-3-12-4-6-15/h7-8,10,12H,2-6H2,1H3,(H,16,17). The molecule has 2 heterocycles. The van der Waals surface area contributed by atoms with E-state index in [9.17, 15) is 9.90 Å². The van der Waals surface area contributed by atoms with Crippen molar-refractivity contribution in [2.45, 2.75) is 12.5 Å². The molecule has 1 aliphatic heterocycles. The summed E-state index contributed by atoms with van der Waals surface area (Å²) >= 11 is 0. The van der Waals surface area contributed by atoms with Crippen LogP contribution in [0.2, 0.25) is 0 Å². The molecular weight excluding hydrogens is 220 g/mol. The number of nitrogens with zero attached hydrogens (tertiary/aromatic N) is 3. The molecule has 0 aliphatic carbocycles. The molecule has 0 amide bonds. The van der Waals surface area contributed by atoms with Crippen molar-refractivity contribution in [1.29, 1.82) is 0 Å². The first-order valence-electron chi connectivity index (χ1n) is 5.84. The normalized spacial score (nSPS) is 19.8. The quantitative estimate of drug-likeness (QED) is 0.766. The first-order chi connectivity index (χ1) is 8.20. The molecular formula is C11H18N4O2. The number of carboxylic acids is 1. The third-order valence-electron chi connectivity index (χ3n) is 3.11. The molecule has 1 atom stereocenters. The van der Waals surface area contributed by atoms with Crippen LogP contribution in [0.25, 0.3) is 0 Å². The van der Waals surface area contributed by atoms with Crippen molar-refractivity contribution in [3.8, 4) is 0 Å². The molecule has 17 heavy (non-hydrogen) atoms. The SMILES string of the molecule is Cn1cncc1C(C(=O)O)N1CCCNCC1. The Morgan fingerprint density at radius 2 is 2.35 bits per heavy atom. The summed E-state index contributed by atoms with van der Waals surface area (Å²) in [6, 6.07) is -0.595. The lowest BCUT2D eigenvalue weighted by molar-refractivity contribution is -0.143. The van der Waals surface area contributed by atoms with Gasteiger partial charge in [0.15, 0.2) is 6.04 Å². The summed E-state index contributed by atoms with van der Waals surface area (Å²) in [7, 11) is 1.83. The lowest BCUT2D eigenvalue weighted by atomic mass is 10.1. The highest BCUT2D eigenvalue weighted by atomic mass is 16.4. The van der Waals surface area contributed by atoms with Gasteiger partial charge in [0.2, 0.25) is 0 Å². The van der Waals surface area contributed by atoms with Crippen LogP contribution in [0.4, 0.5) is 0 Å². The third-order valence-corrected chi connectivity index (χ3v) is 3.11. The molecule has 1 aliphatic rings. The monoisotopic (exact) mass is 238 g/mol. The maximum atomic E-state index is 11.5.